The molecule has 0 N–H and O–H groups in total. The van der Waals surface area contributed by atoms with Gasteiger partial charge in [0.2, 0.25) is 0 Å². The summed E-state index contributed by atoms with van der Waals surface area (Å²) in [6.45, 7) is 0. The fraction of sp³-hybridized carbons (Fsp3) is 0.364. The molecule has 80 valence electrons. The van der Waals surface area contributed by atoms with Gasteiger partial charge in [-0.2, -0.15) is 11.8 Å². The number of Topliss-reactive ketones (excluding diaryl/α,β-unsaturated/α-hetero) is 1. The van der Waals surface area contributed by atoms with Crippen molar-refractivity contribution in [2.45, 2.75) is 6.42 Å². The SMILES string of the molecule is O=C1CSCC1Cc1c(Cl)cccc1Cl. The highest BCUT2D eigenvalue weighted by Crippen LogP contribution is 2.30. The van der Waals surface area contributed by atoms with E-state index in [9.17, 15) is 4.79 Å². The predicted molar refractivity (Wildman–Crippen MR) is 66.0 cm³/mol. The van der Waals surface area contributed by atoms with Crippen molar-refractivity contribution in [3.05, 3.63) is 33.8 Å². The summed E-state index contributed by atoms with van der Waals surface area (Å²) in [6.07, 6.45) is 0.671. The molecule has 1 atom stereocenters. The van der Waals surface area contributed by atoms with Crippen LogP contribution in [0.4, 0.5) is 0 Å². The van der Waals surface area contributed by atoms with Gasteiger partial charge < -0.3 is 0 Å². The summed E-state index contributed by atoms with van der Waals surface area (Å²) in [7, 11) is 0. The molecule has 1 saturated heterocycles. The van der Waals surface area contributed by atoms with Gasteiger partial charge in [-0.3, -0.25) is 4.79 Å². The van der Waals surface area contributed by atoms with Crippen LogP contribution < -0.4 is 0 Å². The highest BCUT2D eigenvalue weighted by Gasteiger charge is 2.26. The van der Waals surface area contributed by atoms with Crippen LogP contribution >= 0.6 is 35.0 Å². The van der Waals surface area contributed by atoms with E-state index in [1.54, 1.807) is 11.8 Å². The summed E-state index contributed by atoms with van der Waals surface area (Å²) in [5.41, 5.74) is 0.904. The van der Waals surface area contributed by atoms with Crippen molar-refractivity contribution in [2.24, 2.45) is 5.92 Å². The monoisotopic (exact) mass is 260 g/mol. The Morgan fingerprint density at radius 2 is 2.00 bits per heavy atom. The molecule has 1 nitrogen and oxygen atoms in total. The van der Waals surface area contributed by atoms with Gasteiger partial charge in [0, 0.05) is 21.7 Å². The second-order valence-electron chi connectivity index (χ2n) is 3.58. The Hall–Kier alpha value is -0.180. The first-order valence-electron chi connectivity index (χ1n) is 4.72. The number of hydrogen-bond donors (Lipinski definition) is 0. The highest BCUT2D eigenvalue weighted by atomic mass is 35.5. The molecule has 1 fully saturated rings. The van der Waals surface area contributed by atoms with Crippen LogP contribution in [0.15, 0.2) is 18.2 Å². The van der Waals surface area contributed by atoms with Gasteiger partial charge in [0.1, 0.15) is 5.78 Å². The number of ketones is 1. The van der Waals surface area contributed by atoms with Gasteiger partial charge in [-0.25, -0.2) is 0 Å². The maximum absolute atomic E-state index is 11.5. The summed E-state index contributed by atoms with van der Waals surface area (Å²) in [4.78, 5) is 11.5. The molecule has 1 aliphatic rings. The molecule has 4 heteroatoms. The maximum Gasteiger partial charge on any atom is 0.146 e. The maximum atomic E-state index is 11.5. The molecule has 0 bridgehead atoms. The topological polar surface area (TPSA) is 17.1 Å². The van der Waals surface area contributed by atoms with E-state index in [4.69, 9.17) is 23.2 Å². The normalized spacial score (nSPS) is 20.9. The van der Waals surface area contributed by atoms with Crippen LogP contribution in [0.2, 0.25) is 10.0 Å². The van der Waals surface area contributed by atoms with Gasteiger partial charge in [0.05, 0.1) is 5.75 Å². The molecule has 1 heterocycles. The highest BCUT2D eigenvalue weighted by molar-refractivity contribution is 8.00. The third kappa shape index (κ3) is 2.49. The third-order valence-electron chi connectivity index (χ3n) is 2.53. The van der Waals surface area contributed by atoms with Crippen molar-refractivity contribution < 1.29 is 4.79 Å². The van der Waals surface area contributed by atoms with Crippen molar-refractivity contribution in [3.8, 4) is 0 Å². The summed E-state index contributed by atoms with van der Waals surface area (Å²) in [5, 5.41) is 1.32. The van der Waals surface area contributed by atoms with Gasteiger partial charge in [0.25, 0.3) is 0 Å². The second kappa shape index (κ2) is 4.77. The zero-order valence-corrected chi connectivity index (χ0v) is 10.3. The second-order valence-corrected chi connectivity index (χ2v) is 5.43. The number of hydrogen-bond acceptors (Lipinski definition) is 2. The average Bonchev–Trinajstić information content (AvgIpc) is 2.58. The van der Waals surface area contributed by atoms with Crippen LogP contribution in [0.25, 0.3) is 0 Å². The molecular weight excluding hydrogens is 251 g/mol. The fourth-order valence-electron chi connectivity index (χ4n) is 1.66. The van der Waals surface area contributed by atoms with Gasteiger partial charge in [-0.1, -0.05) is 29.3 Å². The Balaban J connectivity index is 2.20. The van der Waals surface area contributed by atoms with Gasteiger partial charge in [0.15, 0.2) is 0 Å². The van der Waals surface area contributed by atoms with Crippen LogP contribution in [0.1, 0.15) is 5.56 Å². The molecule has 0 aliphatic carbocycles. The Kier molecular flexibility index (Phi) is 3.60. The van der Waals surface area contributed by atoms with Crippen molar-refractivity contribution in [1.29, 1.82) is 0 Å². The Morgan fingerprint density at radius 3 is 2.53 bits per heavy atom. The van der Waals surface area contributed by atoms with Gasteiger partial charge in [-0.05, 0) is 24.1 Å². The molecule has 1 aliphatic heterocycles. The quantitative estimate of drug-likeness (QED) is 0.810. The van der Waals surface area contributed by atoms with Gasteiger partial charge in [-0.15, -0.1) is 0 Å². The first-order chi connectivity index (χ1) is 7.18. The molecule has 2 rings (SSSR count). The number of halogens is 2. The number of benzene rings is 1. The van der Waals surface area contributed by atoms with Crippen LogP contribution in [0.5, 0.6) is 0 Å². The van der Waals surface area contributed by atoms with E-state index in [0.717, 1.165) is 11.3 Å². The zero-order chi connectivity index (χ0) is 10.8. The van der Waals surface area contributed by atoms with Crippen LogP contribution in [-0.2, 0) is 11.2 Å². The van der Waals surface area contributed by atoms with E-state index in [2.05, 4.69) is 0 Å². The first-order valence-corrected chi connectivity index (χ1v) is 6.63. The molecule has 1 aromatic rings. The molecule has 0 aromatic heterocycles. The van der Waals surface area contributed by atoms with Crippen LogP contribution in [0, 0.1) is 5.92 Å². The number of rotatable bonds is 2. The lowest BCUT2D eigenvalue weighted by Crippen LogP contribution is -2.14. The largest absolute Gasteiger partial charge is 0.298 e. The van der Waals surface area contributed by atoms with E-state index in [1.807, 2.05) is 18.2 Å². The van der Waals surface area contributed by atoms with E-state index in [1.165, 1.54) is 0 Å². The average molecular weight is 261 g/mol. The fourth-order valence-corrected chi connectivity index (χ4v) is 3.35. The van der Waals surface area contributed by atoms with Crippen molar-refractivity contribution in [2.75, 3.05) is 11.5 Å². The number of carbonyl (C=O) groups is 1. The van der Waals surface area contributed by atoms with E-state index in [0.29, 0.717) is 28.0 Å². The first kappa shape index (κ1) is 11.3. The Labute approximate surface area is 103 Å². The number of thioether (sulfide) groups is 1. The molecule has 0 saturated carbocycles. The standard InChI is InChI=1S/C11H10Cl2OS/c12-9-2-1-3-10(13)8(9)4-7-5-15-6-11(7)14/h1-3,7H,4-6H2. The van der Waals surface area contributed by atoms with Crippen molar-refractivity contribution >= 4 is 40.7 Å². The lowest BCUT2D eigenvalue weighted by atomic mass is 9.98. The molecule has 1 unspecified atom stereocenters. The third-order valence-corrected chi connectivity index (χ3v) is 4.37. The lowest BCUT2D eigenvalue weighted by Gasteiger charge is -2.10. The Bertz CT molecular complexity index is 372. The van der Waals surface area contributed by atoms with Gasteiger partial charge >= 0.3 is 0 Å². The van der Waals surface area contributed by atoms with Crippen LogP contribution in [-0.4, -0.2) is 17.3 Å². The van der Waals surface area contributed by atoms with Crippen molar-refractivity contribution in [3.63, 3.8) is 0 Å². The Morgan fingerprint density at radius 1 is 1.33 bits per heavy atom. The zero-order valence-electron chi connectivity index (χ0n) is 8.00. The van der Waals surface area contributed by atoms with E-state index < -0.39 is 0 Å². The molecular formula is C11H10Cl2OS. The smallest absolute Gasteiger partial charge is 0.146 e. The summed E-state index contributed by atoms with van der Waals surface area (Å²) >= 11 is 13.8. The van der Waals surface area contributed by atoms with E-state index >= 15 is 0 Å². The van der Waals surface area contributed by atoms with Crippen molar-refractivity contribution in [1.82, 2.24) is 0 Å². The molecule has 0 amide bonds. The van der Waals surface area contributed by atoms with Crippen LogP contribution in [0.3, 0.4) is 0 Å². The minimum Gasteiger partial charge on any atom is -0.298 e. The summed E-state index contributed by atoms with van der Waals surface area (Å²) < 4.78 is 0. The number of carbonyl (C=O) groups excluding carboxylic acids is 1. The minimum atomic E-state index is 0.0902. The molecule has 1 aromatic carbocycles. The predicted octanol–water partition coefficient (Wildman–Crippen LogP) is 3.47. The summed E-state index contributed by atoms with van der Waals surface area (Å²) in [6, 6.07) is 5.45. The molecule has 15 heavy (non-hydrogen) atoms. The summed E-state index contributed by atoms with van der Waals surface area (Å²) in [5.74, 6) is 1.93. The lowest BCUT2D eigenvalue weighted by molar-refractivity contribution is -0.119. The molecule has 0 radical (unpaired) electrons. The minimum absolute atomic E-state index is 0.0902. The van der Waals surface area contributed by atoms with E-state index in [-0.39, 0.29) is 5.92 Å². The molecule has 0 spiro atoms.